The Kier molecular flexibility index (Phi) is 6.75. The van der Waals surface area contributed by atoms with Gasteiger partial charge in [0.25, 0.3) is 0 Å². The van der Waals surface area contributed by atoms with Crippen LogP contribution in [0.3, 0.4) is 0 Å². The maximum Gasteiger partial charge on any atom is 0.315 e. The third-order valence-corrected chi connectivity index (χ3v) is 4.98. The van der Waals surface area contributed by atoms with Crippen molar-refractivity contribution in [3.63, 3.8) is 0 Å². The molecule has 148 valence electrons. The van der Waals surface area contributed by atoms with Gasteiger partial charge in [-0.3, -0.25) is 0 Å². The molecule has 0 unspecified atom stereocenters. The van der Waals surface area contributed by atoms with E-state index in [4.69, 9.17) is 4.42 Å². The molecule has 2 aromatic carbocycles. The molecule has 4 heteroatoms. The number of carbonyl (C=O) groups is 1. The van der Waals surface area contributed by atoms with Crippen molar-refractivity contribution in [3.05, 3.63) is 59.4 Å². The van der Waals surface area contributed by atoms with Crippen molar-refractivity contribution in [2.45, 2.75) is 53.0 Å². The van der Waals surface area contributed by atoms with E-state index in [0.717, 1.165) is 40.7 Å². The van der Waals surface area contributed by atoms with Gasteiger partial charge in [0.05, 0.1) is 6.54 Å². The summed E-state index contributed by atoms with van der Waals surface area (Å²) in [6.45, 7) is 7.40. The molecule has 28 heavy (non-hydrogen) atoms. The second kappa shape index (κ2) is 9.45. The number of fused-ring (bicyclic) bond motifs is 1. The standard InChI is InChI=1S/C24H30N2O2/c1-4-5-6-7-14-25-24(27)26-16-22-23(19-11-8-17(2)9-12-19)20-15-18(3)10-13-21(20)28-22/h8-13,15H,4-7,14,16H2,1-3H3,(H2,25,26,27). The quantitative estimate of drug-likeness (QED) is 0.466. The number of aryl methyl sites for hydroxylation is 2. The Morgan fingerprint density at radius 1 is 0.929 bits per heavy atom. The highest BCUT2D eigenvalue weighted by atomic mass is 16.3. The Bertz CT molecular complexity index is 926. The van der Waals surface area contributed by atoms with Crippen LogP contribution in [0.1, 0.15) is 49.5 Å². The molecule has 2 N–H and O–H groups in total. The summed E-state index contributed by atoms with van der Waals surface area (Å²) in [5, 5.41) is 6.96. The number of unbranched alkanes of at least 4 members (excludes halogenated alkanes) is 3. The molecule has 0 aliphatic carbocycles. The number of furan rings is 1. The van der Waals surface area contributed by atoms with Gasteiger partial charge in [0.1, 0.15) is 11.3 Å². The smallest absolute Gasteiger partial charge is 0.315 e. The molecule has 0 atom stereocenters. The lowest BCUT2D eigenvalue weighted by Crippen LogP contribution is -2.35. The Morgan fingerprint density at radius 3 is 2.43 bits per heavy atom. The maximum atomic E-state index is 12.1. The van der Waals surface area contributed by atoms with E-state index < -0.39 is 0 Å². The molecule has 0 aliphatic heterocycles. The fourth-order valence-corrected chi connectivity index (χ4v) is 3.40. The van der Waals surface area contributed by atoms with Gasteiger partial charge in [-0.1, -0.05) is 67.6 Å². The van der Waals surface area contributed by atoms with Crippen molar-refractivity contribution < 1.29 is 9.21 Å². The van der Waals surface area contributed by atoms with Crippen molar-refractivity contribution in [3.8, 4) is 11.1 Å². The molecule has 0 saturated heterocycles. The molecule has 0 radical (unpaired) electrons. The van der Waals surface area contributed by atoms with Crippen LogP contribution in [-0.4, -0.2) is 12.6 Å². The second-order valence-corrected chi connectivity index (χ2v) is 7.44. The Hall–Kier alpha value is -2.75. The first-order valence-electron chi connectivity index (χ1n) is 10.2. The molecule has 3 aromatic rings. The van der Waals surface area contributed by atoms with Crippen LogP contribution in [0.25, 0.3) is 22.1 Å². The van der Waals surface area contributed by atoms with Gasteiger partial charge in [0.2, 0.25) is 0 Å². The summed E-state index contributed by atoms with van der Waals surface area (Å²) in [6, 6.07) is 14.5. The zero-order valence-corrected chi connectivity index (χ0v) is 17.1. The van der Waals surface area contributed by atoms with Crippen LogP contribution in [0.2, 0.25) is 0 Å². The molecule has 2 amide bonds. The summed E-state index contributed by atoms with van der Waals surface area (Å²) in [5.41, 5.74) is 5.41. The summed E-state index contributed by atoms with van der Waals surface area (Å²) in [7, 11) is 0. The minimum atomic E-state index is -0.150. The minimum absolute atomic E-state index is 0.150. The number of benzene rings is 2. The lowest BCUT2D eigenvalue weighted by atomic mass is 10.00. The zero-order valence-electron chi connectivity index (χ0n) is 17.1. The summed E-state index contributed by atoms with van der Waals surface area (Å²) >= 11 is 0. The van der Waals surface area contributed by atoms with Gasteiger partial charge in [-0.2, -0.15) is 0 Å². The monoisotopic (exact) mass is 378 g/mol. The average molecular weight is 379 g/mol. The normalized spacial score (nSPS) is 11.0. The highest BCUT2D eigenvalue weighted by Gasteiger charge is 2.16. The van der Waals surface area contributed by atoms with Crippen LogP contribution < -0.4 is 10.6 Å². The predicted molar refractivity (Wildman–Crippen MR) is 116 cm³/mol. The largest absolute Gasteiger partial charge is 0.459 e. The van der Waals surface area contributed by atoms with Crippen molar-refractivity contribution in [1.29, 1.82) is 0 Å². The first-order valence-corrected chi connectivity index (χ1v) is 10.2. The molecule has 0 fully saturated rings. The number of hydrogen-bond acceptors (Lipinski definition) is 2. The molecule has 0 saturated carbocycles. The van der Waals surface area contributed by atoms with Crippen LogP contribution in [0.15, 0.2) is 46.9 Å². The van der Waals surface area contributed by atoms with E-state index in [1.54, 1.807) is 0 Å². The molecular weight excluding hydrogens is 348 g/mol. The number of nitrogens with one attached hydrogen (secondary N) is 2. The van der Waals surface area contributed by atoms with Crippen molar-refractivity contribution in [1.82, 2.24) is 10.6 Å². The number of carbonyl (C=O) groups excluding carboxylic acids is 1. The van der Waals surface area contributed by atoms with Crippen LogP contribution >= 0.6 is 0 Å². The van der Waals surface area contributed by atoms with E-state index in [0.29, 0.717) is 13.1 Å². The van der Waals surface area contributed by atoms with Gasteiger partial charge in [0, 0.05) is 17.5 Å². The molecule has 4 nitrogen and oxygen atoms in total. The molecule has 0 spiro atoms. The van der Waals surface area contributed by atoms with Gasteiger partial charge in [-0.15, -0.1) is 0 Å². The van der Waals surface area contributed by atoms with E-state index in [1.165, 1.54) is 24.0 Å². The second-order valence-electron chi connectivity index (χ2n) is 7.44. The van der Waals surface area contributed by atoms with Crippen molar-refractivity contribution in [2.75, 3.05) is 6.54 Å². The minimum Gasteiger partial charge on any atom is -0.459 e. The first kappa shape index (κ1) is 20.0. The van der Waals surface area contributed by atoms with Crippen molar-refractivity contribution >= 4 is 17.0 Å². The van der Waals surface area contributed by atoms with Gasteiger partial charge < -0.3 is 15.1 Å². The zero-order chi connectivity index (χ0) is 19.9. The van der Waals surface area contributed by atoms with E-state index in [2.05, 4.69) is 61.7 Å². The highest BCUT2D eigenvalue weighted by Crippen LogP contribution is 2.35. The molecule has 0 bridgehead atoms. The molecule has 3 rings (SSSR count). The number of hydrogen-bond donors (Lipinski definition) is 2. The number of urea groups is 1. The van der Waals surface area contributed by atoms with E-state index in [1.807, 2.05) is 12.1 Å². The van der Waals surface area contributed by atoms with Gasteiger partial charge in [-0.25, -0.2) is 4.79 Å². The molecule has 0 aliphatic rings. The first-order chi connectivity index (χ1) is 13.6. The van der Waals surface area contributed by atoms with Crippen LogP contribution in [0.4, 0.5) is 4.79 Å². The van der Waals surface area contributed by atoms with Crippen LogP contribution in [0.5, 0.6) is 0 Å². The maximum absolute atomic E-state index is 12.1. The summed E-state index contributed by atoms with van der Waals surface area (Å²) in [5.74, 6) is 0.783. The SMILES string of the molecule is CCCCCCNC(=O)NCc1oc2ccc(C)cc2c1-c1ccc(C)cc1. The third-order valence-electron chi connectivity index (χ3n) is 4.98. The molecule has 1 heterocycles. The molecule has 1 aromatic heterocycles. The van der Waals surface area contributed by atoms with E-state index in [-0.39, 0.29) is 6.03 Å². The Balaban J connectivity index is 1.76. The van der Waals surface area contributed by atoms with E-state index in [9.17, 15) is 4.79 Å². The predicted octanol–water partition coefficient (Wildman–Crippen LogP) is 6.10. The lowest BCUT2D eigenvalue weighted by molar-refractivity contribution is 0.239. The topological polar surface area (TPSA) is 54.3 Å². The fraction of sp³-hybridized carbons (Fsp3) is 0.375. The number of rotatable bonds is 8. The Labute approximate surface area is 167 Å². The Morgan fingerprint density at radius 2 is 1.68 bits per heavy atom. The fourth-order valence-electron chi connectivity index (χ4n) is 3.40. The van der Waals surface area contributed by atoms with Gasteiger partial charge >= 0.3 is 6.03 Å². The third kappa shape index (κ3) is 4.94. The lowest BCUT2D eigenvalue weighted by Gasteiger charge is -2.08. The van der Waals surface area contributed by atoms with Crippen LogP contribution in [-0.2, 0) is 6.54 Å². The van der Waals surface area contributed by atoms with Crippen molar-refractivity contribution in [2.24, 2.45) is 0 Å². The average Bonchev–Trinajstić information content (AvgIpc) is 3.04. The summed E-state index contributed by atoms with van der Waals surface area (Å²) < 4.78 is 6.10. The summed E-state index contributed by atoms with van der Waals surface area (Å²) in [4.78, 5) is 12.1. The summed E-state index contributed by atoms with van der Waals surface area (Å²) in [6.07, 6.45) is 4.57. The van der Waals surface area contributed by atoms with Gasteiger partial charge in [0.15, 0.2) is 0 Å². The highest BCUT2D eigenvalue weighted by molar-refractivity contribution is 5.96. The van der Waals surface area contributed by atoms with Crippen LogP contribution in [0, 0.1) is 13.8 Å². The van der Waals surface area contributed by atoms with Gasteiger partial charge in [-0.05, 0) is 38.0 Å². The molecular formula is C24H30N2O2. The van der Waals surface area contributed by atoms with E-state index >= 15 is 0 Å². The number of amides is 2.